The molecule has 2 fully saturated rings. The van der Waals surface area contributed by atoms with Gasteiger partial charge in [0, 0.05) is 42.9 Å². The Bertz CT molecular complexity index is 588. The highest BCUT2D eigenvalue weighted by molar-refractivity contribution is 7.99. The molecule has 1 amide bonds. The molecule has 0 aliphatic carbocycles. The molecule has 124 valence electrons. The van der Waals surface area contributed by atoms with Gasteiger partial charge in [-0.05, 0) is 17.5 Å². The number of hydrogen-bond acceptors (Lipinski definition) is 4. The smallest absolute Gasteiger partial charge is 0.231 e. The van der Waals surface area contributed by atoms with Crippen molar-refractivity contribution in [1.82, 2.24) is 9.80 Å². The number of rotatable bonds is 2. The molecule has 5 heteroatoms. The largest absolute Gasteiger partial charge is 0.379 e. The van der Waals surface area contributed by atoms with E-state index in [9.17, 15) is 4.79 Å². The van der Waals surface area contributed by atoms with Gasteiger partial charge in [0.1, 0.15) is 0 Å². The molecule has 0 radical (unpaired) electrons. The molecule has 3 aliphatic heterocycles. The number of ether oxygens (including phenoxy) is 1. The highest BCUT2D eigenvalue weighted by atomic mass is 32.2. The van der Waals surface area contributed by atoms with E-state index in [1.807, 2.05) is 17.8 Å². The average molecular weight is 332 g/mol. The van der Waals surface area contributed by atoms with E-state index in [0.29, 0.717) is 17.9 Å². The Morgan fingerprint density at radius 2 is 2.00 bits per heavy atom. The highest BCUT2D eigenvalue weighted by Gasteiger charge is 2.40. The zero-order valence-corrected chi connectivity index (χ0v) is 14.4. The molecule has 1 aromatic rings. The second kappa shape index (κ2) is 6.46. The average Bonchev–Trinajstić information content (AvgIpc) is 3.19. The van der Waals surface area contributed by atoms with E-state index in [2.05, 4.69) is 34.9 Å². The third kappa shape index (κ3) is 2.90. The summed E-state index contributed by atoms with van der Waals surface area (Å²) >= 11 is 1.82. The lowest BCUT2D eigenvalue weighted by molar-refractivity contribution is -0.131. The summed E-state index contributed by atoms with van der Waals surface area (Å²) in [4.78, 5) is 19.0. The van der Waals surface area contributed by atoms with Gasteiger partial charge in [-0.15, -0.1) is 11.8 Å². The number of amides is 1. The summed E-state index contributed by atoms with van der Waals surface area (Å²) in [5, 5.41) is 0. The molecule has 3 heterocycles. The molecule has 0 unspecified atom stereocenters. The van der Waals surface area contributed by atoms with Gasteiger partial charge in [0.05, 0.1) is 19.1 Å². The number of benzene rings is 1. The van der Waals surface area contributed by atoms with Crippen LogP contribution in [-0.2, 0) is 9.53 Å². The fourth-order valence-corrected chi connectivity index (χ4v) is 5.32. The molecule has 4 rings (SSSR count). The SMILES string of the molecule is C[C@@H]1CN(C(=O)[C@H]2CSc3ccccc32)C[C@@H]1N1CCOCC1. The molecule has 0 saturated carbocycles. The van der Waals surface area contributed by atoms with Crippen molar-refractivity contribution < 1.29 is 9.53 Å². The van der Waals surface area contributed by atoms with Crippen molar-refractivity contribution in [3.63, 3.8) is 0 Å². The van der Waals surface area contributed by atoms with Crippen LogP contribution >= 0.6 is 11.8 Å². The van der Waals surface area contributed by atoms with Crippen LogP contribution in [0.1, 0.15) is 18.4 Å². The number of thioether (sulfide) groups is 1. The van der Waals surface area contributed by atoms with Gasteiger partial charge in [-0.1, -0.05) is 25.1 Å². The van der Waals surface area contributed by atoms with Crippen LogP contribution in [0.15, 0.2) is 29.2 Å². The van der Waals surface area contributed by atoms with Crippen molar-refractivity contribution >= 4 is 17.7 Å². The van der Waals surface area contributed by atoms with E-state index in [1.54, 1.807) is 0 Å². The van der Waals surface area contributed by atoms with Gasteiger partial charge in [-0.25, -0.2) is 0 Å². The Balaban J connectivity index is 1.46. The lowest BCUT2D eigenvalue weighted by Gasteiger charge is -2.34. The van der Waals surface area contributed by atoms with Crippen molar-refractivity contribution in [3.05, 3.63) is 29.8 Å². The van der Waals surface area contributed by atoms with Crippen LogP contribution in [-0.4, -0.2) is 66.9 Å². The monoisotopic (exact) mass is 332 g/mol. The fourth-order valence-electron chi connectivity index (χ4n) is 4.10. The third-order valence-electron chi connectivity index (χ3n) is 5.40. The number of hydrogen-bond donors (Lipinski definition) is 0. The summed E-state index contributed by atoms with van der Waals surface area (Å²) in [6.45, 7) is 7.70. The Morgan fingerprint density at radius 1 is 1.22 bits per heavy atom. The maximum atomic E-state index is 13.1. The van der Waals surface area contributed by atoms with E-state index in [4.69, 9.17) is 4.74 Å². The van der Waals surface area contributed by atoms with Gasteiger partial charge in [0.15, 0.2) is 0 Å². The topological polar surface area (TPSA) is 32.8 Å². The molecule has 23 heavy (non-hydrogen) atoms. The number of fused-ring (bicyclic) bond motifs is 1. The Kier molecular flexibility index (Phi) is 4.35. The zero-order chi connectivity index (χ0) is 15.8. The summed E-state index contributed by atoms with van der Waals surface area (Å²) in [6, 6.07) is 8.86. The second-order valence-electron chi connectivity index (χ2n) is 6.84. The lowest BCUT2D eigenvalue weighted by Crippen LogP contribution is -2.47. The molecule has 3 aliphatic rings. The van der Waals surface area contributed by atoms with Gasteiger partial charge in [-0.3, -0.25) is 9.69 Å². The van der Waals surface area contributed by atoms with Crippen LogP contribution in [0.5, 0.6) is 0 Å². The van der Waals surface area contributed by atoms with Crippen LogP contribution in [0.25, 0.3) is 0 Å². The lowest BCUT2D eigenvalue weighted by atomic mass is 10.00. The number of nitrogens with zero attached hydrogens (tertiary/aromatic N) is 2. The summed E-state index contributed by atoms with van der Waals surface area (Å²) in [5.74, 6) is 1.81. The van der Waals surface area contributed by atoms with E-state index in [1.165, 1.54) is 10.5 Å². The Morgan fingerprint density at radius 3 is 2.83 bits per heavy atom. The maximum Gasteiger partial charge on any atom is 0.231 e. The van der Waals surface area contributed by atoms with E-state index in [0.717, 1.165) is 45.1 Å². The number of likely N-dealkylation sites (tertiary alicyclic amines) is 1. The molecule has 0 aromatic heterocycles. The van der Waals surface area contributed by atoms with E-state index in [-0.39, 0.29) is 5.92 Å². The first-order valence-electron chi connectivity index (χ1n) is 8.56. The standard InChI is InChI=1S/C18H24N2O2S/c1-13-10-20(11-16(13)19-6-8-22-9-7-19)18(21)15-12-23-17-5-3-2-4-14(15)17/h2-5,13,15-16H,6-12H2,1H3/t13-,15+,16+/m1/s1. The number of carbonyl (C=O) groups is 1. The minimum absolute atomic E-state index is 0.0480. The van der Waals surface area contributed by atoms with Crippen molar-refractivity contribution in [3.8, 4) is 0 Å². The van der Waals surface area contributed by atoms with E-state index < -0.39 is 0 Å². The van der Waals surface area contributed by atoms with Crippen molar-refractivity contribution in [1.29, 1.82) is 0 Å². The number of morpholine rings is 1. The van der Waals surface area contributed by atoms with Gasteiger partial charge in [-0.2, -0.15) is 0 Å². The van der Waals surface area contributed by atoms with Crippen LogP contribution in [0, 0.1) is 5.92 Å². The third-order valence-corrected chi connectivity index (χ3v) is 6.58. The molecule has 0 bridgehead atoms. The van der Waals surface area contributed by atoms with Crippen molar-refractivity contribution in [2.45, 2.75) is 23.8 Å². The summed E-state index contributed by atoms with van der Waals surface area (Å²) in [6.07, 6.45) is 0. The predicted octanol–water partition coefficient (Wildman–Crippen LogP) is 2.05. The van der Waals surface area contributed by atoms with Gasteiger partial charge in [0.2, 0.25) is 5.91 Å². The predicted molar refractivity (Wildman–Crippen MR) is 91.8 cm³/mol. The molecule has 1 aromatic carbocycles. The van der Waals surface area contributed by atoms with Crippen LogP contribution < -0.4 is 0 Å². The Labute approximate surface area is 142 Å². The maximum absolute atomic E-state index is 13.1. The van der Waals surface area contributed by atoms with Crippen LogP contribution in [0.2, 0.25) is 0 Å². The first kappa shape index (κ1) is 15.5. The van der Waals surface area contributed by atoms with Gasteiger partial charge in [0.25, 0.3) is 0 Å². The van der Waals surface area contributed by atoms with Gasteiger partial charge >= 0.3 is 0 Å². The van der Waals surface area contributed by atoms with Crippen LogP contribution in [0.4, 0.5) is 0 Å². The molecule has 2 saturated heterocycles. The van der Waals surface area contributed by atoms with E-state index >= 15 is 0 Å². The number of carbonyl (C=O) groups excluding carboxylic acids is 1. The molecular formula is C18H24N2O2S. The summed E-state index contributed by atoms with van der Waals surface area (Å²) < 4.78 is 5.46. The normalized spacial score (nSPS) is 31.3. The second-order valence-corrected chi connectivity index (χ2v) is 7.90. The first-order valence-corrected chi connectivity index (χ1v) is 9.55. The van der Waals surface area contributed by atoms with Crippen LogP contribution in [0.3, 0.4) is 0 Å². The zero-order valence-electron chi connectivity index (χ0n) is 13.6. The van der Waals surface area contributed by atoms with Crippen molar-refractivity contribution in [2.75, 3.05) is 45.1 Å². The first-order chi connectivity index (χ1) is 11.2. The van der Waals surface area contributed by atoms with Gasteiger partial charge < -0.3 is 9.64 Å². The summed E-state index contributed by atoms with van der Waals surface area (Å²) in [7, 11) is 0. The Hall–Kier alpha value is -1.04. The minimum Gasteiger partial charge on any atom is -0.379 e. The highest BCUT2D eigenvalue weighted by Crippen LogP contribution is 2.41. The fraction of sp³-hybridized carbons (Fsp3) is 0.611. The molecule has 0 N–H and O–H groups in total. The summed E-state index contributed by atoms with van der Waals surface area (Å²) in [5.41, 5.74) is 1.23. The molecule has 0 spiro atoms. The molecule has 3 atom stereocenters. The minimum atomic E-state index is 0.0480. The molecule has 4 nitrogen and oxygen atoms in total. The van der Waals surface area contributed by atoms with Crippen molar-refractivity contribution in [2.24, 2.45) is 5.92 Å². The quantitative estimate of drug-likeness (QED) is 0.830. The molecular weight excluding hydrogens is 308 g/mol.